The highest BCUT2D eigenvalue weighted by Gasteiger charge is 2.26. The summed E-state index contributed by atoms with van der Waals surface area (Å²) in [6.07, 6.45) is 0. The zero-order chi connectivity index (χ0) is 44.2. The third kappa shape index (κ3) is 7.09. The van der Waals surface area contributed by atoms with Crippen molar-refractivity contribution in [2.45, 2.75) is 78.6 Å². The number of hydrogen-bond donors (Lipinski definition) is 3. The molecule has 5 heterocycles. The summed E-state index contributed by atoms with van der Waals surface area (Å²) in [7, 11) is 0. The number of benzene rings is 5. The molecule has 0 spiro atoms. The fourth-order valence-corrected chi connectivity index (χ4v) is 8.11. The van der Waals surface area contributed by atoms with Gasteiger partial charge in [0.05, 0.1) is 5.56 Å². The van der Waals surface area contributed by atoms with Crippen LogP contribution in [0.1, 0.15) is 100 Å². The van der Waals surface area contributed by atoms with Crippen LogP contribution in [0.4, 0.5) is 0 Å². The van der Waals surface area contributed by atoms with Gasteiger partial charge in [0.2, 0.25) is 0 Å². The molecule has 2 aliphatic heterocycles. The summed E-state index contributed by atoms with van der Waals surface area (Å²) < 4.78 is 0. The van der Waals surface area contributed by atoms with E-state index in [9.17, 15) is 9.90 Å². The first kappa shape index (κ1) is 39.6. The smallest absolute Gasteiger partial charge is 0.335 e. The van der Waals surface area contributed by atoms with Crippen molar-refractivity contribution in [3.8, 4) is 57.4 Å². The van der Waals surface area contributed by atoms with Crippen LogP contribution in [0.5, 0.6) is 0 Å². The molecule has 310 valence electrons. The number of rotatable bonds is 1. The molecular weight excluding hydrogens is 781 g/mol. The second kappa shape index (κ2) is 14.0. The Hall–Kier alpha value is -7.51. The lowest BCUT2D eigenvalue weighted by molar-refractivity contribution is 0.0697. The number of carboxylic acids is 1. The largest absolute Gasteiger partial charge is 0.478 e. The molecule has 0 fully saturated rings. The fraction of sp³-hybridized carbons (Fsp3) is 0.226. The molecule has 0 amide bonds. The monoisotopic (exact) mass is 826 g/mol. The van der Waals surface area contributed by atoms with Crippen molar-refractivity contribution in [3.63, 3.8) is 0 Å². The van der Waals surface area contributed by atoms with E-state index in [4.69, 9.17) is 29.9 Å². The van der Waals surface area contributed by atoms with Gasteiger partial charge in [-0.05, 0) is 93.6 Å². The minimum Gasteiger partial charge on any atom is -0.478 e. The number of aromatic nitrogens is 8. The average molecular weight is 827 g/mol. The van der Waals surface area contributed by atoms with E-state index in [1.807, 2.05) is 18.2 Å². The topological polar surface area (TPSA) is 146 Å². The second-order valence-electron chi connectivity index (χ2n) is 19.5. The Labute approximate surface area is 365 Å². The molecule has 0 unspecified atom stereocenters. The molecule has 0 saturated heterocycles. The Morgan fingerprint density at radius 2 is 0.810 bits per heavy atom. The zero-order valence-electron chi connectivity index (χ0n) is 36.8. The minimum absolute atomic E-state index is 0.0978. The van der Waals surface area contributed by atoms with Crippen molar-refractivity contribution in [1.82, 2.24) is 39.9 Å². The summed E-state index contributed by atoms with van der Waals surface area (Å²) in [5.41, 5.74) is 10.8. The van der Waals surface area contributed by atoms with Gasteiger partial charge in [-0.3, -0.25) is 0 Å². The molecule has 10 rings (SSSR count). The highest BCUT2D eigenvalue weighted by Crippen LogP contribution is 2.40. The standard InChI is InChI=1S/C53H46N8O2/c1-51(2,3)31-17-21-35-39(25-31)47-57-44(35)55-45-37-23-19-33(53(7,8)9)27-41(37)49(59-45)61-48-40-26-32(52(4,5)6)18-22-36(40)43(58-48)54-42-34-20-14-29(24-38(34)46(56-42)60-47)11-10-28-12-15-30(16-13-28)50(62)63/h12-27H,1-9H3,(H,62,63)(H2,54,55,56,57,58,59,60,61). The number of hydrogen-bond acceptors (Lipinski definition) is 7. The number of nitrogens with one attached hydrogen (secondary N) is 2. The Morgan fingerprint density at radius 3 is 1.29 bits per heavy atom. The first-order valence-electron chi connectivity index (χ1n) is 21.1. The van der Waals surface area contributed by atoms with Crippen LogP contribution in [0.15, 0.2) is 97.1 Å². The first-order valence-corrected chi connectivity index (χ1v) is 21.1. The van der Waals surface area contributed by atoms with Gasteiger partial charge in [0, 0.05) is 54.9 Å². The molecule has 0 atom stereocenters. The summed E-state index contributed by atoms with van der Waals surface area (Å²) in [5, 5.41) is 12.9. The van der Waals surface area contributed by atoms with E-state index in [0.717, 1.165) is 60.5 Å². The fourth-order valence-electron chi connectivity index (χ4n) is 8.11. The molecule has 63 heavy (non-hydrogen) atoms. The van der Waals surface area contributed by atoms with E-state index in [-0.39, 0.29) is 21.8 Å². The Balaban J connectivity index is 1.31. The average Bonchev–Trinajstić information content (AvgIpc) is 3.96. The predicted octanol–water partition coefficient (Wildman–Crippen LogP) is 11.9. The third-order valence-corrected chi connectivity index (χ3v) is 11.9. The van der Waals surface area contributed by atoms with Crippen LogP contribution >= 0.6 is 0 Å². The van der Waals surface area contributed by atoms with Crippen LogP contribution < -0.4 is 0 Å². The quantitative estimate of drug-likeness (QED) is 0.139. The summed E-state index contributed by atoms with van der Waals surface area (Å²) in [5.74, 6) is 7.63. The maximum Gasteiger partial charge on any atom is 0.335 e. The highest BCUT2D eigenvalue weighted by atomic mass is 16.4. The second-order valence-corrected chi connectivity index (χ2v) is 19.5. The lowest BCUT2D eigenvalue weighted by Gasteiger charge is -2.19. The van der Waals surface area contributed by atoms with Crippen molar-refractivity contribution in [1.29, 1.82) is 0 Å². The van der Waals surface area contributed by atoms with Crippen molar-refractivity contribution in [2.24, 2.45) is 0 Å². The van der Waals surface area contributed by atoms with Gasteiger partial charge in [-0.15, -0.1) is 0 Å². The third-order valence-electron chi connectivity index (χ3n) is 11.9. The number of nitrogens with zero attached hydrogens (tertiary/aromatic N) is 6. The summed E-state index contributed by atoms with van der Waals surface area (Å²) in [4.78, 5) is 50.1. The van der Waals surface area contributed by atoms with Gasteiger partial charge in [0.25, 0.3) is 0 Å². The van der Waals surface area contributed by atoms with E-state index in [1.165, 1.54) is 5.56 Å². The molecule has 8 bridgehead atoms. The molecular formula is C53H46N8O2. The number of H-pyrrole nitrogens is 2. The van der Waals surface area contributed by atoms with Gasteiger partial charge in [0.1, 0.15) is 22.6 Å². The Bertz CT molecular complexity index is 3490. The molecule has 3 N–H and O–H groups in total. The summed E-state index contributed by atoms with van der Waals surface area (Å²) in [6.45, 7) is 19.8. The van der Waals surface area contributed by atoms with Gasteiger partial charge in [0.15, 0.2) is 23.3 Å². The molecule has 10 nitrogen and oxygen atoms in total. The molecule has 0 radical (unpaired) electrons. The van der Waals surface area contributed by atoms with Gasteiger partial charge in [-0.1, -0.05) is 111 Å². The number of carbonyl (C=O) groups is 1. The van der Waals surface area contributed by atoms with Gasteiger partial charge in [-0.25, -0.2) is 34.7 Å². The summed E-state index contributed by atoms with van der Waals surface area (Å²) >= 11 is 0. The predicted molar refractivity (Wildman–Crippen MR) is 252 cm³/mol. The van der Waals surface area contributed by atoms with E-state index in [2.05, 4.69) is 139 Å². The number of aromatic amines is 2. The molecule has 10 heteroatoms. The van der Waals surface area contributed by atoms with Crippen LogP contribution in [0.3, 0.4) is 0 Å². The molecule has 8 aromatic rings. The van der Waals surface area contributed by atoms with Crippen molar-refractivity contribution in [2.75, 3.05) is 0 Å². The van der Waals surface area contributed by atoms with Gasteiger partial charge in [-0.2, -0.15) is 0 Å². The molecule has 5 aromatic carbocycles. The van der Waals surface area contributed by atoms with Crippen molar-refractivity contribution >= 4 is 50.1 Å². The SMILES string of the molecule is CC(C)(C)c1ccc2c(c1)-c1nc-2nc2[nH]c(nc3nc(nc4[nH]c(n1)c1cc(C#Cc5ccc(C(=O)O)cc5)ccc41)-c1ccc(C(C)(C)C)cc1-3)c1cc(C(C)(C)C)ccc21. The Morgan fingerprint density at radius 1 is 0.429 bits per heavy atom. The van der Waals surface area contributed by atoms with Gasteiger partial charge < -0.3 is 15.1 Å². The zero-order valence-corrected chi connectivity index (χ0v) is 36.8. The maximum absolute atomic E-state index is 11.4. The number of carboxylic acid groups (broad SMARTS) is 1. The first-order chi connectivity index (χ1) is 29.9. The van der Waals surface area contributed by atoms with E-state index in [1.54, 1.807) is 24.3 Å². The minimum atomic E-state index is -0.980. The highest BCUT2D eigenvalue weighted by molar-refractivity contribution is 6.07. The molecule has 3 aromatic heterocycles. The van der Waals surface area contributed by atoms with Crippen LogP contribution in [-0.4, -0.2) is 50.9 Å². The van der Waals surface area contributed by atoms with Crippen LogP contribution in [-0.2, 0) is 16.2 Å². The molecule has 0 aliphatic carbocycles. The van der Waals surface area contributed by atoms with E-state index in [0.29, 0.717) is 51.4 Å². The Kier molecular flexibility index (Phi) is 8.81. The van der Waals surface area contributed by atoms with E-state index >= 15 is 0 Å². The number of fused-ring (bicyclic) bond motifs is 20. The number of aromatic carboxylic acids is 1. The van der Waals surface area contributed by atoms with Crippen LogP contribution in [0.25, 0.3) is 89.7 Å². The molecule has 2 aliphatic rings. The van der Waals surface area contributed by atoms with Crippen molar-refractivity contribution < 1.29 is 9.90 Å². The van der Waals surface area contributed by atoms with E-state index < -0.39 is 5.97 Å². The normalized spacial score (nSPS) is 12.5. The summed E-state index contributed by atoms with van der Waals surface area (Å²) in [6, 6.07) is 31.8. The maximum atomic E-state index is 11.4. The lowest BCUT2D eigenvalue weighted by Crippen LogP contribution is -2.10. The van der Waals surface area contributed by atoms with Gasteiger partial charge >= 0.3 is 5.97 Å². The van der Waals surface area contributed by atoms with Crippen LogP contribution in [0, 0.1) is 11.8 Å². The van der Waals surface area contributed by atoms with Crippen molar-refractivity contribution in [3.05, 3.63) is 130 Å². The molecule has 0 saturated carbocycles. The lowest BCUT2D eigenvalue weighted by atomic mass is 9.85. The van der Waals surface area contributed by atoms with Crippen LogP contribution in [0.2, 0.25) is 0 Å².